The lowest BCUT2D eigenvalue weighted by molar-refractivity contribution is -0.122. The first-order chi connectivity index (χ1) is 7.20. The highest BCUT2D eigenvalue weighted by atomic mass is 16.2. The molecule has 6 nitrogen and oxygen atoms in total. The molecule has 15 heavy (non-hydrogen) atoms. The molecule has 82 valence electrons. The lowest BCUT2D eigenvalue weighted by Gasteiger charge is -2.30. The molecular formula is C9H15N5O. The van der Waals surface area contributed by atoms with Gasteiger partial charge in [-0.3, -0.25) is 20.5 Å². The van der Waals surface area contributed by atoms with Crippen molar-refractivity contribution in [2.24, 2.45) is 15.7 Å². The van der Waals surface area contributed by atoms with E-state index in [-0.39, 0.29) is 5.91 Å². The van der Waals surface area contributed by atoms with Crippen molar-refractivity contribution in [1.29, 1.82) is 0 Å². The number of hydrogen-bond donors (Lipinski definition) is 3. The lowest BCUT2D eigenvalue weighted by atomic mass is 10.1. The van der Waals surface area contributed by atoms with E-state index in [1.807, 2.05) is 0 Å². The number of amidine groups is 1. The highest BCUT2D eigenvalue weighted by Crippen LogP contribution is 2.08. The van der Waals surface area contributed by atoms with Gasteiger partial charge in [-0.25, -0.2) is 0 Å². The maximum atomic E-state index is 11.6. The van der Waals surface area contributed by atoms with Crippen LogP contribution >= 0.6 is 0 Å². The first-order valence-corrected chi connectivity index (χ1v) is 5.13. The molecule has 0 radical (unpaired) electrons. The summed E-state index contributed by atoms with van der Waals surface area (Å²) in [6, 6.07) is -0.514. The summed E-state index contributed by atoms with van der Waals surface area (Å²) in [4.78, 5) is 20.2. The van der Waals surface area contributed by atoms with Crippen LogP contribution in [0, 0.1) is 0 Å². The van der Waals surface area contributed by atoms with E-state index in [1.165, 1.54) is 0 Å². The molecule has 0 aromatic carbocycles. The van der Waals surface area contributed by atoms with Gasteiger partial charge in [0.1, 0.15) is 5.84 Å². The van der Waals surface area contributed by atoms with Crippen LogP contribution in [0.4, 0.5) is 0 Å². The molecule has 2 aliphatic rings. The third-order valence-electron chi connectivity index (χ3n) is 2.39. The second kappa shape index (κ2) is 3.98. The lowest BCUT2D eigenvalue weighted by Crippen LogP contribution is -2.65. The normalized spacial score (nSPS) is 29.6. The van der Waals surface area contributed by atoms with Gasteiger partial charge >= 0.3 is 0 Å². The summed E-state index contributed by atoms with van der Waals surface area (Å²) in [7, 11) is 0. The monoisotopic (exact) mass is 209 g/mol. The average molecular weight is 209 g/mol. The summed E-state index contributed by atoms with van der Waals surface area (Å²) in [5.74, 6) is 0.416. The summed E-state index contributed by atoms with van der Waals surface area (Å²) in [5, 5.41) is 5.48. The number of rotatable bonds is 2. The van der Waals surface area contributed by atoms with Gasteiger partial charge in [-0.2, -0.15) is 0 Å². The van der Waals surface area contributed by atoms with Crippen LogP contribution in [-0.2, 0) is 4.79 Å². The molecule has 0 bridgehead atoms. The molecule has 4 N–H and O–H groups in total. The number of nitrogens with zero attached hydrogens (tertiary/aromatic N) is 2. The minimum Gasteiger partial charge on any atom is -0.339 e. The van der Waals surface area contributed by atoms with Crippen molar-refractivity contribution < 1.29 is 4.79 Å². The molecule has 1 saturated heterocycles. The van der Waals surface area contributed by atoms with Crippen LogP contribution in [0.3, 0.4) is 0 Å². The van der Waals surface area contributed by atoms with Gasteiger partial charge in [0.2, 0.25) is 0 Å². The molecule has 2 rings (SSSR count). The van der Waals surface area contributed by atoms with Crippen molar-refractivity contribution in [2.75, 3.05) is 6.54 Å². The van der Waals surface area contributed by atoms with E-state index >= 15 is 0 Å². The largest absolute Gasteiger partial charge is 0.339 e. The van der Waals surface area contributed by atoms with Crippen LogP contribution in [0.1, 0.15) is 19.8 Å². The van der Waals surface area contributed by atoms with Crippen LogP contribution in [0.15, 0.2) is 9.98 Å². The molecule has 0 aromatic heterocycles. The summed E-state index contributed by atoms with van der Waals surface area (Å²) in [6.07, 6.45) is 1.37. The summed E-state index contributed by atoms with van der Waals surface area (Å²) in [5.41, 5.74) is 6.54. The number of nitrogens with two attached hydrogens (primary N) is 1. The van der Waals surface area contributed by atoms with Crippen molar-refractivity contribution >= 4 is 17.5 Å². The SMILES string of the molecule is CCCC1=NC2C(=O)NC(N)NC2=NC1. The zero-order valence-electron chi connectivity index (χ0n) is 8.66. The van der Waals surface area contributed by atoms with Crippen molar-refractivity contribution in [3.63, 3.8) is 0 Å². The topological polar surface area (TPSA) is 91.9 Å². The van der Waals surface area contributed by atoms with Crippen LogP contribution < -0.4 is 16.4 Å². The Bertz CT molecular complexity index is 335. The molecule has 2 aliphatic heterocycles. The number of nitrogens with one attached hydrogen (secondary N) is 2. The average Bonchev–Trinajstić information content (AvgIpc) is 2.19. The Kier molecular flexibility index (Phi) is 2.68. The Morgan fingerprint density at radius 1 is 1.53 bits per heavy atom. The van der Waals surface area contributed by atoms with Gasteiger partial charge in [-0.15, -0.1) is 0 Å². The second-order valence-corrected chi connectivity index (χ2v) is 3.68. The van der Waals surface area contributed by atoms with E-state index in [1.54, 1.807) is 0 Å². The molecule has 0 spiro atoms. The van der Waals surface area contributed by atoms with Crippen molar-refractivity contribution in [1.82, 2.24) is 10.6 Å². The summed E-state index contributed by atoms with van der Waals surface area (Å²) < 4.78 is 0. The van der Waals surface area contributed by atoms with E-state index in [0.717, 1.165) is 18.6 Å². The Morgan fingerprint density at radius 3 is 3.07 bits per heavy atom. The first-order valence-electron chi connectivity index (χ1n) is 5.13. The molecule has 0 saturated carbocycles. The Morgan fingerprint density at radius 2 is 2.33 bits per heavy atom. The molecule has 1 amide bonds. The van der Waals surface area contributed by atoms with Crippen molar-refractivity contribution in [2.45, 2.75) is 32.1 Å². The highest BCUT2D eigenvalue weighted by Gasteiger charge is 2.33. The maximum absolute atomic E-state index is 11.6. The fourth-order valence-corrected chi connectivity index (χ4v) is 1.71. The van der Waals surface area contributed by atoms with Gasteiger partial charge in [-0.1, -0.05) is 13.3 Å². The first kappa shape index (κ1) is 10.1. The fraction of sp³-hybridized carbons (Fsp3) is 0.667. The molecule has 0 aromatic rings. The number of carbonyl (C=O) groups is 1. The standard InChI is InChI=1S/C9H15N5O/c1-2-3-5-4-11-7-6(12-5)8(15)14-9(10)13-7/h6,9H,2-4,10H2,1H3,(H,11,13)(H,14,15). The van der Waals surface area contributed by atoms with E-state index in [2.05, 4.69) is 27.5 Å². The number of amides is 1. The molecular weight excluding hydrogens is 194 g/mol. The van der Waals surface area contributed by atoms with Gasteiger partial charge in [0.05, 0.1) is 6.54 Å². The fourth-order valence-electron chi connectivity index (χ4n) is 1.71. The Hall–Kier alpha value is -1.43. The van der Waals surface area contributed by atoms with Crippen LogP contribution in [-0.4, -0.2) is 36.3 Å². The zero-order chi connectivity index (χ0) is 10.8. The molecule has 0 aliphatic carbocycles. The molecule has 1 fully saturated rings. The molecule has 2 atom stereocenters. The third-order valence-corrected chi connectivity index (χ3v) is 2.39. The van der Waals surface area contributed by atoms with Crippen molar-refractivity contribution in [3.8, 4) is 0 Å². The Labute approximate surface area is 88.0 Å². The van der Waals surface area contributed by atoms with E-state index in [0.29, 0.717) is 12.4 Å². The van der Waals surface area contributed by atoms with Gasteiger partial charge < -0.3 is 10.6 Å². The van der Waals surface area contributed by atoms with Gasteiger partial charge in [0.15, 0.2) is 12.3 Å². The third kappa shape index (κ3) is 1.99. The van der Waals surface area contributed by atoms with Crippen LogP contribution in [0.25, 0.3) is 0 Å². The smallest absolute Gasteiger partial charge is 0.255 e. The maximum Gasteiger partial charge on any atom is 0.255 e. The van der Waals surface area contributed by atoms with E-state index in [4.69, 9.17) is 5.73 Å². The number of aliphatic imine (C=N–C) groups is 2. The van der Waals surface area contributed by atoms with E-state index in [9.17, 15) is 4.79 Å². The zero-order valence-corrected chi connectivity index (χ0v) is 8.66. The van der Waals surface area contributed by atoms with Gasteiger partial charge in [-0.05, 0) is 6.42 Å². The van der Waals surface area contributed by atoms with Gasteiger partial charge in [0, 0.05) is 5.71 Å². The highest BCUT2D eigenvalue weighted by molar-refractivity contribution is 6.12. The predicted octanol–water partition coefficient (Wildman–Crippen LogP) is -1.03. The number of carbonyl (C=O) groups excluding carboxylic acids is 1. The van der Waals surface area contributed by atoms with Gasteiger partial charge in [0.25, 0.3) is 5.91 Å². The summed E-state index contributed by atoms with van der Waals surface area (Å²) >= 11 is 0. The molecule has 2 heterocycles. The minimum absolute atomic E-state index is 0.173. The van der Waals surface area contributed by atoms with E-state index < -0.39 is 12.3 Å². The molecule has 2 unspecified atom stereocenters. The van der Waals surface area contributed by atoms with Crippen LogP contribution in [0.5, 0.6) is 0 Å². The number of fused-ring (bicyclic) bond motifs is 1. The van der Waals surface area contributed by atoms with Crippen molar-refractivity contribution in [3.05, 3.63) is 0 Å². The predicted molar refractivity (Wildman–Crippen MR) is 57.7 cm³/mol. The molecule has 6 heteroatoms. The quantitative estimate of drug-likeness (QED) is 0.543. The Balaban J connectivity index is 2.14. The van der Waals surface area contributed by atoms with Crippen LogP contribution in [0.2, 0.25) is 0 Å². The number of hydrogen-bond acceptors (Lipinski definition) is 5. The summed E-state index contributed by atoms with van der Waals surface area (Å²) in [6.45, 7) is 2.66. The second-order valence-electron chi connectivity index (χ2n) is 3.68. The minimum atomic E-state index is -0.546.